The van der Waals surface area contributed by atoms with Crippen molar-refractivity contribution in [2.45, 2.75) is 38.3 Å². The van der Waals surface area contributed by atoms with E-state index in [9.17, 15) is 9.59 Å². The van der Waals surface area contributed by atoms with Crippen LogP contribution in [0, 0.1) is 6.92 Å². The van der Waals surface area contributed by atoms with Crippen LogP contribution in [0.25, 0.3) is 0 Å². The maximum Gasteiger partial charge on any atom is 0.254 e. The Bertz CT molecular complexity index is 1150. The number of fused-ring (bicyclic) bond motifs is 1. The van der Waals surface area contributed by atoms with Gasteiger partial charge in [0.25, 0.3) is 5.91 Å². The second-order valence-corrected chi connectivity index (χ2v) is 10.5. The largest absolute Gasteiger partial charge is 0.330 e. The lowest BCUT2D eigenvalue weighted by Crippen LogP contribution is -2.47. The lowest BCUT2D eigenvalue weighted by molar-refractivity contribution is -0.134. The Kier molecular flexibility index (Phi) is 5.91. The molecule has 4 nitrogen and oxygen atoms in total. The van der Waals surface area contributed by atoms with Crippen LogP contribution >= 0.6 is 27.3 Å². The van der Waals surface area contributed by atoms with Gasteiger partial charge in [-0.2, -0.15) is 0 Å². The van der Waals surface area contributed by atoms with Gasteiger partial charge in [0.15, 0.2) is 0 Å². The SMILES string of the molecule is Cc1ccccc1C1c2ccsc2CCN1C(=O)CN(C(=O)c1ccc(Br)cc1)C1CC1. The van der Waals surface area contributed by atoms with Gasteiger partial charge >= 0.3 is 0 Å². The molecular weight excluding hydrogens is 484 g/mol. The van der Waals surface area contributed by atoms with Crippen molar-refractivity contribution in [2.24, 2.45) is 0 Å². The van der Waals surface area contributed by atoms with E-state index in [1.54, 1.807) is 16.2 Å². The summed E-state index contributed by atoms with van der Waals surface area (Å²) in [4.78, 5) is 32.1. The van der Waals surface area contributed by atoms with E-state index in [0.717, 1.165) is 29.3 Å². The molecule has 2 aromatic carbocycles. The first-order valence-electron chi connectivity index (χ1n) is 11.0. The molecule has 0 radical (unpaired) electrons. The number of amides is 2. The van der Waals surface area contributed by atoms with Gasteiger partial charge in [0.1, 0.15) is 6.54 Å². The molecule has 2 aliphatic rings. The number of thiophene rings is 1. The van der Waals surface area contributed by atoms with Crippen LogP contribution in [-0.2, 0) is 11.2 Å². The summed E-state index contributed by atoms with van der Waals surface area (Å²) in [6, 6.07) is 17.9. The summed E-state index contributed by atoms with van der Waals surface area (Å²) < 4.78 is 0.934. The molecule has 1 fully saturated rings. The van der Waals surface area contributed by atoms with Crippen LogP contribution in [0.4, 0.5) is 0 Å². The molecule has 1 aliphatic carbocycles. The molecule has 164 valence electrons. The number of rotatable bonds is 5. The van der Waals surface area contributed by atoms with Crippen LogP contribution in [0.5, 0.6) is 0 Å². The molecule has 1 aromatic heterocycles. The predicted molar refractivity (Wildman–Crippen MR) is 131 cm³/mol. The van der Waals surface area contributed by atoms with Crippen LogP contribution in [0.15, 0.2) is 64.5 Å². The fourth-order valence-corrected chi connectivity index (χ4v) is 5.73. The zero-order valence-corrected chi connectivity index (χ0v) is 20.4. The minimum Gasteiger partial charge on any atom is -0.330 e. The number of aryl methyl sites for hydroxylation is 1. The topological polar surface area (TPSA) is 40.6 Å². The molecule has 1 atom stereocenters. The van der Waals surface area contributed by atoms with Gasteiger partial charge in [-0.1, -0.05) is 40.2 Å². The minimum absolute atomic E-state index is 0.0208. The molecule has 2 heterocycles. The standard InChI is InChI=1S/C26H25BrN2O2S/c1-17-4-2-3-5-21(17)25-22-13-15-32-23(22)12-14-28(25)24(30)16-29(20-10-11-20)26(31)18-6-8-19(27)9-7-18/h2-9,13,15,20,25H,10-12,14,16H2,1H3. The van der Waals surface area contributed by atoms with E-state index < -0.39 is 0 Å². The van der Waals surface area contributed by atoms with Gasteiger partial charge in [-0.25, -0.2) is 0 Å². The fraction of sp³-hybridized carbons (Fsp3) is 0.308. The number of carbonyl (C=O) groups is 2. The predicted octanol–water partition coefficient (Wildman–Crippen LogP) is 5.60. The van der Waals surface area contributed by atoms with Crippen LogP contribution in [0.3, 0.4) is 0 Å². The van der Waals surface area contributed by atoms with E-state index in [0.29, 0.717) is 12.1 Å². The van der Waals surface area contributed by atoms with Gasteiger partial charge in [-0.15, -0.1) is 11.3 Å². The quantitative estimate of drug-likeness (QED) is 0.450. The normalized spacial score (nSPS) is 17.7. The molecule has 0 saturated heterocycles. The lowest BCUT2D eigenvalue weighted by atomic mass is 9.90. The van der Waals surface area contributed by atoms with E-state index in [1.165, 1.54) is 16.0 Å². The molecule has 1 unspecified atom stereocenters. The average molecular weight is 509 g/mol. The van der Waals surface area contributed by atoms with Crippen molar-refractivity contribution in [3.05, 3.63) is 91.6 Å². The Hall–Kier alpha value is -2.44. The second-order valence-electron chi connectivity index (χ2n) is 8.57. The van der Waals surface area contributed by atoms with Crippen molar-refractivity contribution < 1.29 is 9.59 Å². The van der Waals surface area contributed by atoms with Crippen molar-refractivity contribution in [2.75, 3.05) is 13.1 Å². The first-order chi connectivity index (χ1) is 15.5. The third kappa shape index (κ3) is 4.14. The van der Waals surface area contributed by atoms with Crippen molar-refractivity contribution in [3.63, 3.8) is 0 Å². The van der Waals surface area contributed by atoms with Gasteiger partial charge < -0.3 is 9.80 Å². The molecule has 3 aromatic rings. The summed E-state index contributed by atoms with van der Waals surface area (Å²) in [6.07, 6.45) is 2.79. The highest BCUT2D eigenvalue weighted by Crippen LogP contribution is 2.39. The van der Waals surface area contributed by atoms with Crippen LogP contribution in [0.1, 0.15) is 50.8 Å². The van der Waals surface area contributed by atoms with E-state index in [-0.39, 0.29) is 30.4 Å². The minimum atomic E-state index is -0.0949. The molecule has 2 amide bonds. The Morgan fingerprint density at radius 1 is 1.06 bits per heavy atom. The summed E-state index contributed by atoms with van der Waals surface area (Å²) >= 11 is 5.19. The maximum absolute atomic E-state index is 13.7. The van der Waals surface area contributed by atoms with Gasteiger partial charge in [0.05, 0.1) is 6.04 Å². The number of benzene rings is 2. The highest BCUT2D eigenvalue weighted by Gasteiger charge is 2.38. The fourth-order valence-electron chi connectivity index (χ4n) is 4.56. The molecule has 32 heavy (non-hydrogen) atoms. The summed E-state index contributed by atoms with van der Waals surface area (Å²) in [5, 5.41) is 2.12. The first kappa shape index (κ1) is 21.4. The van der Waals surface area contributed by atoms with Crippen molar-refractivity contribution in [1.82, 2.24) is 9.80 Å². The molecule has 0 bridgehead atoms. The summed E-state index contributed by atoms with van der Waals surface area (Å²) in [7, 11) is 0. The zero-order valence-electron chi connectivity index (χ0n) is 18.0. The van der Waals surface area contributed by atoms with E-state index in [4.69, 9.17) is 0 Å². The van der Waals surface area contributed by atoms with Crippen molar-refractivity contribution in [3.8, 4) is 0 Å². The van der Waals surface area contributed by atoms with Crippen molar-refractivity contribution >= 4 is 39.1 Å². The third-order valence-corrected chi connectivity index (χ3v) is 7.94. The number of hydrogen-bond donors (Lipinski definition) is 0. The lowest BCUT2D eigenvalue weighted by Gasteiger charge is -2.38. The molecule has 0 spiro atoms. The smallest absolute Gasteiger partial charge is 0.254 e. The Morgan fingerprint density at radius 2 is 1.81 bits per heavy atom. The van der Waals surface area contributed by atoms with Gasteiger partial charge in [0, 0.05) is 27.5 Å². The molecule has 6 heteroatoms. The van der Waals surface area contributed by atoms with Gasteiger partial charge in [-0.3, -0.25) is 9.59 Å². The molecule has 1 aliphatic heterocycles. The van der Waals surface area contributed by atoms with Crippen molar-refractivity contribution in [1.29, 1.82) is 0 Å². The Morgan fingerprint density at radius 3 is 2.53 bits per heavy atom. The highest BCUT2D eigenvalue weighted by molar-refractivity contribution is 9.10. The Labute approximate surface area is 201 Å². The van der Waals surface area contributed by atoms with Gasteiger partial charge in [-0.05, 0) is 78.6 Å². The van der Waals surface area contributed by atoms with Crippen LogP contribution in [-0.4, -0.2) is 40.7 Å². The molecular formula is C26H25BrN2O2S. The maximum atomic E-state index is 13.7. The molecule has 0 N–H and O–H groups in total. The van der Waals surface area contributed by atoms with E-state index in [1.807, 2.05) is 41.3 Å². The number of halogens is 1. The number of carbonyl (C=O) groups excluding carboxylic acids is 2. The zero-order chi connectivity index (χ0) is 22.2. The molecule has 1 saturated carbocycles. The summed E-state index contributed by atoms with van der Waals surface area (Å²) in [6.45, 7) is 2.91. The average Bonchev–Trinajstić information content (AvgIpc) is 3.53. The van der Waals surface area contributed by atoms with Gasteiger partial charge in [0.2, 0.25) is 5.91 Å². The van der Waals surface area contributed by atoms with Crippen LogP contribution < -0.4 is 0 Å². The number of hydrogen-bond acceptors (Lipinski definition) is 3. The first-order valence-corrected chi connectivity index (χ1v) is 12.7. The molecule has 5 rings (SSSR count). The monoisotopic (exact) mass is 508 g/mol. The Balaban J connectivity index is 1.43. The number of nitrogens with zero attached hydrogens (tertiary/aromatic N) is 2. The second kappa shape index (κ2) is 8.83. The summed E-state index contributed by atoms with van der Waals surface area (Å²) in [5.41, 5.74) is 4.19. The highest BCUT2D eigenvalue weighted by atomic mass is 79.9. The van der Waals surface area contributed by atoms with E-state index >= 15 is 0 Å². The van der Waals surface area contributed by atoms with E-state index in [2.05, 4.69) is 46.4 Å². The third-order valence-electron chi connectivity index (χ3n) is 6.41. The van der Waals surface area contributed by atoms with Crippen LogP contribution in [0.2, 0.25) is 0 Å². The summed E-state index contributed by atoms with van der Waals surface area (Å²) in [5.74, 6) is -0.0403.